The van der Waals surface area contributed by atoms with Crippen molar-refractivity contribution < 1.29 is 23.5 Å². The lowest BCUT2D eigenvalue weighted by Gasteiger charge is -2.42. The van der Waals surface area contributed by atoms with E-state index in [4.69, 9.17) is 9.47 Å². The highest BCUT2D eigenvalue weighted by atomic mass is 19.1. The zero-order chi connectivity index (χ0) is 18.9. The van der Waals surface area contributed by atoms with E-state index in [1.165, 1.54) is 12.1 Å². The summed E-state index contributed by atoms with van der Waals surface area (Å²) in [5, 5.41) is 0. The second kappa shape index (κ2) is 7.13. The Hall–Kier alpha value is -2.71. The Bertz CT molecular complexity index is 824. The van der Waals surface area contributed by atoms with Crippen molar-refractivity contribution in [3.63, 3.8) is 0 Å². The Morgan fingerprint density at radius 3 is 2.74 bits per heavy atom. The Labute approximate surface area is 155 Å². The number of carbonyl (C=O) groups excluding carboxylic acids is 2. The van der Waals surface area contributed by atoms with Crippen LogP contribution in [0.15, 0.2) is 42.6 Å². The minimum Gasteiger partial charge on any atom is -0.376 e. The van der Waals surface area contributed by atoms with Gasteiger partial charge in [0.2, 0.25) is 0 Å². The number of aromatic nitrogens is 1. The van der Waals surface area contributed by atoms with Gasteiger partial charge in [-0.15, -0.1) is 0 Å². The number of aromatic amines is 1. The Balaban J connectivity index is 1.57. The van der Waals surface area contributed by atoms with Gasteiger partial charge in [-0.3, -0.25) is 9.59 Å². The van der Waals surface area contributed by atoms with Crippen molar-refractivity contribution in [2.24, 2.45) is 0 Å². The molecule has 1 N–H and O–H groups in total. The van der Waals surface area contributed by atoms with Crippen LogP contribution in [0.25, 0.3) is 0 Å². The van der Waals surface area contributed by atoms with Crippen molar-refractivity contribution in [3.8, 4) is 0 Å². The zero-order valence-corrected chi connectivity index (χ0v) is 14.7. The maximum atomic E-state index is 13.2. The largest absolute Gasteiger partial charge is 0.376 e. The van der Waals surface area contributed by atoms with Gasteiger partial charge in [-0.2, -0.15) is 0 Å². The first-order valence-corrected chi connectivity index (χ1v) is 8.77. The summed E-state index contributed by atoms with van der Waals surface area (Å²) in [7, 11) is 0. The average Bonchev–Trinajstić information content (AvgIpc) is 3.13. The van der Waals surface area contributed by atoms with E-state index in [0.717, 1.165) is 0 Å². The zero-order valence-electron chi connectivity index (χ0n) is 14.7. The topological polar surface area (TPSA) is 74.9 Å². The van der Waals surface area contributed by atoms with Gasteiger partial charge in [0, 0.05) is 18.4 Å². The van der Waals surface area contributed by atoms with Gasteiger partial charge in [-0.05, 0) is 36.4 Å². The van der Waals surface area contributed by atoms with Gasteiger partial charge in [0.1, 0.15) is 23.7 Å². The van der Waals surface area contributed by atoms with Crippen LogP contribution in [-0.4, -0.2) is 66.8 Å². The summed E-state index contributed by atoms with van der Waals surface area (Å²) >= 11 is 0. The van der Waals surface area contributed by atoms with Crippen LogP contribution in [0.2, 0.25) is 0 Å². The van der Waals surface area contributed by atoms with E-state index >= 15 is 0 Å². The number of nitrogens with zero attached hydrogens (tertiary/aromatic N) is 2. The molecule has 2 saturated heterocycles. The number of amides is 2. The Morgan fingerprint density at radius 2 is 2.00 bits per heavy atom. The standard InChI is InChI=1S/C19H20FN3O4/c20-14-3-5-15(6-4-14)23-12-19(27-10-17(23)24)11-22(8-9-26-13-19)18(25)16-2-1-7-21-16/h1-7,21H,8-13H2. The summed E-state index contributed by atoms with van der Waals surface area (Å²) < 4.78 is 24.8. The molecule has 8 heteroatoms. The lowest BCUT2D eigenvalue weighted by atomic mass is 10.0. The summed E-state index contributed by atoms with van der Waals surface area (Å²) in [5.41, 5.74) is 0.256. The number of anilines is 1. The molecular weight excluding hydrogens is 353 g/mol. The van der Waals surface area contributed by atoms with Crippen LogP contribution in [0.1, 0.15) is 10.5 Å². The molecule has 3 heterocycles. The molecule has 1 aromatic carbocycles. The summed E-state index contributed by atoms with van der Waals surface area (Å²) in [6, 6.07) is 9.24. The minimum atomic E-state index is -0.832. The first kappa shape index (κ1) is 17.7. The molecule has 142 valence electrons. The third-order valence-corrected chi connectivity index (χ3v) is 4.85. The van der Waals surface area contributed by atoms with Crippen LogP contribution in [0.5, 0.6) is 0 Å². The number of hydrogen-bond acceptors (Lipinski definition) is 4. The summed E-state index contributed by atoms with van der Waals surface area (Å²) in [6.45, 7) is 1.51. The monoisotopic (exact) mass is 373 g/mol. The smallest absolute Gasteiger partial charge is 0.270 e. The summed E-state index contributed by atoms with van der Waals surface area (Å²) in [6.07, 6.45) is 1.70. The first-order chi connectivity index (χ1) is 13.1. The van der Waals surface area contributed by atoms with Crippen LogP contribution in [0, 0.1) is 5.82 Å². The number of hydrogen-bond donors (Lipinski definition) is 1. The van der Waals surface area contributed by atoms with E-state index in [9.17, 15) is 14.0 Å². The van der Waals surface area contributed by atoms with E-state index in [-0.39, 0.29) is 37.4 Å². The van der Waals surface area contributed by atoms with Crippen molar-refractivity contribution in [2.45, 2.75) is 5.60 Å². The normalized spacial score (nSPS) is 23.5. The second-order valence-corrected chi connectivity index (χ2v) is 6.79. The minimum absolute atomic E-state index is 0.120. The van der Waals surface area contributed by atoms with Crippen LogP contribution in [-0.2, 0) is 14.3 Å². The van der Waals surface area contributed by atoms with E-state index in [1.807, 2.05) is 0 Å². The van der Waals surface area contributed by atoms with Crippen LogP contribution >= 0.6 is 0 Å². The van der Waals surface area contributed by atoms with Crippen molar-refractivity contribution in [1.29, 1.82) is 0 Å². The number of ether oxygens (including phenoxy) is 2. The van der Waals surface area contributed by atoms with Crippen molar-refractivity contribution in [1.82, 2.24) is 9.88 Å². The molecule has 1 aromatic heterocycles. The van der Waals surface area contributed by atoms with E-state index in [1.54, 1.807) is 40.3 Å². The van der Waals surface area contributed by atoms with E-state index < -0.39 is 5.60 Å². The lowest BCUT2D eigenvalue weighted by molar-refractivity contribution is -0.145. The van der Waals surface area contributed by atoms with Gasteiger partial charge in [0.15, 0.2) is 0 Å². The fourth-order valence-corrected chi connectivity index (χ4v) is 3.47. The van der Waals surface area contributed by atoms with E-state index in [0.29, 0.717) is 31.1 Å². The van der Waals surface area contributed by atoms with Crippen molar-refractivity contribution >= 4 is 17.5 Å². The molecule has 0 aliphatic carbocycles. The quantitative estimate of drug-likeness (QED) is 0.864. The van der Waals surface area contributed by atoms with Gasteiger partial charge in [0.05, 0.1) is 26.3 Å². The van der Waals surface area contributed by atoms with Gasteiger partial charge < -0.3 is 24.3 Å². The van der Waals surface area contributed by atoms with E-state index in [2.05, 4.69) is 4.98 Å². The van der Waals surface area contributed by atoms with Crippen LogP contribution in [0.4, 0.5) is 10.1 Å². The summed E-state index contributed by atoms with van der Waals surface area (Å²) in [4.78, 5) is 31.3. The molecule has 27 heavy (non-hydrogen) atoms. The molecule has 1 unspecified atom stereocenters. The van der Waals surface area contributed by atoms with Gasteiger partial charge >= 0.3 is 0 Å². The molecule has 2 aliphatic heterocycles. The van der Waals surface area contributed by atoms with Gasteiger partial charge in [0.25, 0.3) is 11.8 Å². The maximum Gasteiger partial charge on any atom is 0.270 e. The first-order valence-electron chi connectivity index (χ1n) is 8.77. The second-order valence-electron chi connectivity index (χ2n) is 6.79. The van der Waals surface area contributed by atoms with Crippen LogP contribution in [0.3, 0.4) is 0 Å². The highest BCUT2D eigenvalue weighted by Crippen LogP contribution is 2.27. The third-order valence-electron chi connectivity index (χ3n) is 4.85. The van der Waals surface area contributed by atoms with Crippen molar-refractivity contribution in [3.05, 3.63) is 54.1 Å². The van der Waals surface area contributed by atoms with Gasteiger partial charge in [-0.25, -0.2) is 4.39 Å². The predicted octanol–water partition coefficient (Wildman–Crippen LogP) is 1.43. The molecule has 1 spiro atoms. The number of halogens is 1. The molecule has 2 aromatic rings. The molecule has 0 saturated carbocycles. The lowest BCUT2D eigenvalue weighted by Crippen LogP contribution is -2.61. The molecule has 4 rings (SSSR count). The molecule has 2 amide bonds. The number of carbonyl (C=O) groups is 2. The number of rotatable bonds is 2. The molecule has 1 atom stereocenters. The highest BCUT2D eigenvalue weighted by molar-refractivity contribution is 5.95. The predicted molar refractivity (Wildman–Crippen MR) is 95.0 cm³/mol. The summed E-state index contributed by atoms with van der Waals surface area (Å²) in [5.74, 6) is -0.716. The number of benzene rings is 1. The van der Waals surface area contributed by atoms with Crippen molar-refractivity contribution in [2.75, 3.05) is 44.4 Å². The molecule has 0 bridgehead atoms. The highest BCUT2D eigenvalue weighted by Gasteiger charge is 2.44. The fourth-order valence-electron chi connectivity index (χ4n) is 3.47. The number of H-pyrrole nitrogens is 1. The maximum absolute atomic E-state index is 13.2. The average molecular weight is 373 g/mol. The number of morpholine rings is 1. The molecule has 7 nitrogen and oxygen atoms in total. The third kappa shape index (κ3) is 3.58. The molecule has 2 aliphatic rings. The SMILES string of the molecule is O=C(c1ccc[nH]1)N1CCOCC2(C1)CN(c1ccc(F)cc1)C(=O)CO2. The Morgan fingerprint density at radius 1 is 1.19 bits per heavy atom. The fraction of sp³-hybridized carbons (Fsp3) is 0.368. The molecule has 0 radical (unpaired) electrons. The molecular formula is C19H20FN3O4. The van der Waals surface area contributed by atoms with Gasteiger partial charge in [-0.1, -0.05) is 0 Å². The number of nitrogens with one attached hydrogen (secondary N) is 1. The van der Waals surface area contributed by atoms with Crippen LogP contribution < -0.4 is 4.90 Å². The Kier molecular flexibility index (Phi) is 4.67. The molecule has 2 fully saturated rings.